The van der Waals surface area contributed by atoms with E-state index in [0.29, 0.717) is 12.0 Å². The van der Waals surface area contributed by atoms with Gasteiger partial charge in [-0.2, -0.15) is 0 Å². The van der Waals surface area contributed by atoms with E-state index in [9.17, 15) is 0 Å². The highest BCUT2D eigenvalue weighted by molar-refractivity contribution is 5.22. The molecule has 0 aromatic heterocycles. The number of nitrogens with one attached hydrogen (secondary N) is 1. The number of rotatable bonds is 7. The lowest BCUT2D eigenvalue weighted by Gasteiger charge is -2.20. The molecule has 0 aliphatic rings. The molecule has 0 aliphatic heterocycles. The summed E-state index contributed by atoms with van der Waals surface area (Å²) in [6.07, 6.45) is 2.27. The monoisotopic (exact) mass is 281 g/mol. The van der Waals surface area contributed by atoms with E-state index in [0.717, 1.165) is 19.4 Å². The summed E-state index contributed by atoms with van der Waals surface area (Å²) >= 11 is 0. The lowest BCUT2D eigenvalue weighted by atomic mass is 9.92. The Morgan fingerprint density at radius 1 is 0.810 bits per heavy atom. The normalized spacial score (nSPS) is 12.6. The van der Waals surface area contributed by atoms with Crippen molar-refractivity contribution in [3.8, 4) is 0 Å². The second-order valence-electron chi connectivity index (χ2n) is 6.31. The molecule has 0 radical (unpaired) electrons. The molecule has 2 rings (SSSR count). The minimum absolute atomic E-state index is 0.543. The molecule has 21 heavy (non-hydrogen) atoms. The zero-order valence-corrected chi connectivity index (χ0v) is 13.5. The Labute approximate surface area is 129 Å². The van der Waals surface area contributed by atoms with Crippen LogP contribution in [0.15, 0.2) is 54.6 Å². The van der Waals surface area contributed by atoms with Crippen molar-refractivity contribution in [3.63, 3.8) is 0 Å². The molecule has 0 saturated heterocycles. The first-order valence-electron chi connectivity index (χ1n) is 7.96. The molecule has 0 heterocycles. The van der Waals surface area contributed by atoms with E-state index in [2.05, 4.69) is 80.7 Å². The van der Waals surface area contributed by atoms with Crippen molar-refractivity contribution in [2.75, 3.05) is 6.54 Å². The van der Waals surface area contributed by atoms with Crippen molar-refractivity contribution in [1.82, 2.24) is 5.32 Å². The van der Waals surface area contributed by atoms with Crippen molar-refractivity contribution in [2.45, 2.75) is 39.7 Å². The number of benzene rings is 2. The molecule has 112 valence electrons. The largest absolute Gasteiger partial charge is 0.314 e. The maximum atomic E-state index is 3.60. The fourth-order valence-electron chi connectivity index (χ4n) is 2.62. The minimum Gasteiger partial charge on any atom is -0.314 e. The van der Waals surface area contributed by atoms with E-state index in [-0.39, 0.29) is 0 Å². The predicted octanol–water partition coefficient (Wildman–Crippen LogP) is 4.39. The summed E-state index contributed by atoms with van der Waals surface area (Å²) in [7, 11) is 0. The first-order chi connectivity index (χ1) is 10.1. The van der Waals surface area contributed by atoms with Gasteiger partial charge in [0.05, 0.1) is 0 Å². The Bertz CT molecular complexity index is 513. The van der Waals surface area contributed by atoms with Crippen LogP contribution in [-0.4, -0.2) is 12.6 Å². The fraction of sp³-hybridized carbons (Fsp3) is 0.400. The smallest absolute Gasteiger partial charge is 0.00104 e. The summed E-state index contributed by atoms with van der Waals surface area (Å²) in [6.45, 7) is 7.64. The van der Waals surface area contributed by atoms with E-state index >= 15 is 0 Å². The molecule has 0 fully saturated rings. The van der Waals surface area contributed by atoms with Crippen LogP contribution in [0.1, 0.15) is 30.5 Å². The molecule has 2 aromatic rings. The molecular weight excluding hydrogens is 254 g/mol. The van der Waals surface area contributed by atoms with Gasteiger partial charge < -0.3 is 5.32 Å². The third kappa shape index (κ3) is 5.73. The highest BCUT2D eigenvalue weighted by Gasteiger charge is 2.11. The van der Waals surface area contributed by atoms with Gasteiger partial charge >= 0.3 is 0 Å². The van der Waals surface area contributed by atoms with Crippen molar-refractivity contribution in [2.24, 2.45) is 5.92 Å². The molecular formula is C20H27N. The average molecular weight is 281 g/mol. The van der Waals surface area contributed by atoms with E-state index < -0.39 is 0 Å². The molecule has 0 saturated carbocycles. The standard InChI is InChI=1S/C20H27N/c1-16(2)21-15-20(13-18-7-5-4-6-8-18)14-19-11-9-17(3)10-12-19/h4-12,16,20-21H,13-15H2,1-3H3. The average Bonchev–Trinajstić information content (AvgIpc) is 2.48. The van der Waals surface area contributed by atoms with E-state index in [1.807, 2.05) is 0 Å². The Morgan fingerprint density at radius 3 is 1.95 bits per heavy atom. The van der Waals surface area contributed by atoms with Crippen LogP contribution in [0.3, 0.4) is 0 Å². The van der Waals surface area contributed by atoms with Crippen LogP contribution in [0.2, 0.25) is 0 Å². The van der Waals surface area contributed by atoms with Gasteiger partial charge in [-0.05, 0) is 43.4 Å². The molecule has 0 spiro atoms. The van der Waals surface area contributed by atoms with E-state index in [1.165, 1.54) is 16.7 Å². The van der Waals surface area contributed by atoms with Crippen LogP contribution in [-0.2, 0) is 12.8 Å². The molecule has 0 aliphatic carbocycles. The highest BCUT2D eigenvalue weighted by atomic mass is 14.9. The minimum atomic E-state index is 0.543. The van der Waals surface area contributed by atoms with Crippen LogP contribution in [0, 0.1) is 12.8 Å². The van der Waals surface area contributed by atoms with Gasteiger partial charge in [0.1, 0.15) is 0 Å². The van der Waals surface area contributed by atoms with Crippen molar-refractivity contribution in [3.05, 3.63) is 71.3 Å². The first kappa shape index (κ1) is 15.8. The Kier molecular flexibility index (Phi) is 6.01. The summed E-state index contributed by atoms with van der Waals surface area (Å²) in [6, 6.07) is 20.3. The van der Waals surface area contributed by atoms with Crippen molar-refractivity contribution >= 4 is 0 Å². The van der Waals surface area contributed by atoms with Gasteiger partial charge in [0.25, 0.3) is 0 Å². The van der Waals surface area contributed by atoms with Gasteiger partial charge in [0.15, 0.2) is 0 Å². The summed E-state index contributed by atoms with van der Waals surface area (Å²) in [5.74, 6) is 0.637. The van der Waals surface area contributed by atoms with Crippen molar-refractivity contribution < 1.29 is 0 Å². The summed E-state index contributed by atoms with van der Waals surface area (Å²) in [5.41, 5.74) is 4.20. The zero-order chi connectivity index (χ0) is 15.1. The van der Waals surface area contributed by atoms with Crippen LogP contribution in [0.4, 0.5) is 0 Å². The Hall–Kier alpha value is -1.60. The van der Waals surface area contributed by atoms with Crippen LogP contribution >= 0.6 is 0 Å². The third-order valence-electron chi connectivity index (χ3n) is 3.83. The number of hydrogen-bond donors (Lipinski definition) is 1. The molecule has 1 nitrogen and oxygen atoms in total. The lowest BCUT2D eigenvalue weighted by Crippen LogP contribution is -2.31. The van der Waals surface area contributed by atoms with Crippen LogP contribution < -0.4 is 5.32 Å². The third-order valence-corrected chi connectivity index (χ3v) is 3.83. The van der Waals surface area contributed by atoms with E-state index in [1.54, 1.807) is 0 Å². The van der Waals surface area contributed by atoms with Crippen LogP contribution in [0.25, 0.3) is 0 Å². The predicted molar refractivity (Wildman–Crippen MR) is 91.7 cm³/mol. The Morgan fingerprint density at radius 2 is 1.38 bits per heavy atom. The van der Waals surface area contributed by atoms with Gasteiger partial charge in [0, 0.05) is 6.04 Å². The first-order valence-corrected chi connectivity index (χ1v) is 7.96. The fourth-order valence-corrected chi connectivity index (χ4v) is 2.62. The maximum absolute atomic E-state index is 3.60. The highest BCUT2D eigenvalue weighted by Crippen LogP contribution is 2.15. The maximum Gasteiger partial charge on any atom is 0.00104 e. The second kappa shape index (κ2) is 7.99. The molecule has 0 amide bonds. The molecule has 2 aromatic carbocycles. The molecule has 1 N–H and O–H groups in total. The molecule has 1 heteroatoms. The topological polar surface area (TPSA) is 12.0 Å². The molecule has 0 bridgehead atoms. The van der Waals surface area contributed by atoms with Gasteiger partial charge in [-0.15, -0.1) is 0 Å². The second-order valence-corrected chi connectivity index (χ2v) is 6.31. The summed E-state index contributed by atoms with van der Waals surface area (Å²) in [4.78, 5) is 0. The molecule has 1 atom stereocenters. The lowest BCUT2D eigenvalue weighted by molar-refractivity contribution is 0.444. The van der Waals surface area contributed by atoms with E-state index in [4.69, 9.17) is 0 Å². The van der Waals surface area contributed by atoms with Crippen LogP contribution in [0.5, 0.6) is 0 Å². The Balaban J connectivity index is 2.02. The van der Waals surface area contributed by atoms with Crippen molar-refractivity contribution in [1.29, 1.82) is 0 Å². The number of aryl methyl sites for hydroxylation is 1. The number of hydrogen-bond acceptors (Lipinski definition) is 1. The van der Waals surface area contributed by atoms with Gasteiger partial charge in [-0.25, -0.2) is 0 Å². The van der Waals surface area contributed by atoms with Gasteiger partial charge in [-0.3, -0.25) is 0 Å². The zero-order valence-electron chi connectivity index (χ0n) is 13.5. The SMILES string of the molecule is Cc1ccc(CC(CNC(C)C)Cc2ccccc2)cc1. The quantitative estimate of drug-likeness (QED) is 0.793. The summed E-state index contributed by atoms with van der Waals surface area (Å²) in [5, 5.41) is 3.60. The van der Waals surface area contributed by atoms with Gasteiger partial charge in [-0.1, -0.05) is 74.0 Å². The van der Waals surface area contributed by atoms with Gasteiger partial charge in [0.2, 0.25) is 0 Å². The molecule has 1 unspecified atom stereocenters. The summed E-state index contributed by atoms with van der Waals surface area (Å²) < 4.78 is 0.